The lowest BCUT2D eigenvalue weighted by Crippen LogP contribution is -2.45. The van der Waals surface area contributed by atoms with Crippen molar-refractivity contribution in [3.05, 3.63) is 33.7 Å². The standard InChI is InChI=1S/C13H19BrN4O/c1-3-6-18-13(19)12(14)11(8-16-18)17-7-4-5-10(9-17)15-2/h3,8,10,15H,1,4-7,9H2,2H3. The van der Waals surface area contributed by atoms with Crippen LogP contribution in [0.2, 0.25) is 0 Å². The van der Waals surface area contributed by atoms with E-state index in [0.29, 0.717) is 17.1 Å². The van der Waals surface area contributed by atoms with Gasteiger partial charge in [-0.15, -0.1) is 6.58 Å². The second-order valence-electron chi connectivity index (χ2n) is 4.69. The van der Waals surface area contributed by atoms with E-state index in [9.17, 15) is 4.79 Å². The molecule has 0 bridgehead atoms. The minimum atomic E-state index is -0.107. The van der Waals surface area contributed by atoms with Crippen LogP contribution in [0, 0.1) is 0 Å². The molecule has 1 atom stereocenters. The summed E-state index contributed by atoms with van der Waals surface area (Å²) in [6.07, 6.45) is 5.71. The van der Waals surface area contributed by atoms with E-state index >= 15 is 0 Å². The first kappa shape index (κ1) is 14.3. The first-order chi connectivity index (χ1) is 9.17. The molecular weight excluding hydrogens is 308 g/mol. The van der Waals surface area contributed by atoms with E-state index < -0.39 is 0 Å². The molecule has 2 rings (SSSR count). The minimum Gasteiger partial charge on any atom is -0.368 e. The van der Waals surface area contributed by atoms with Gasteiger partial charge in [-0.3, -0.25) is 4.79 Å². The Morgan fingerprint density at radius 2 is 2.47 bits per heavy atom. The van der Waals surface area contributed by atoms with Crippen LogP contribution in [-0.2, 0) is 6.54 Å². The van der Waals surface area contributed by atoms with Crippen molar-refractivity contribution in [1.29, 1.82) is 0 Å². The van der Waals surface area contributed by atoms with Gasteiger partial charge in [0, 0.05) is 19.1 Å². The molecule has 0 spiro atoms. The molecule has 1 N–H and O–H groups in total. The second-order valence-corrected chi connectivity index (χ2v) is 5.49. The lowest BCUT2D eigenvalue weighted by atomic mass is 10.1. The maximum Gasteiger partial charge on any atom is 0.283 e. The van der Waals surface area contributed by atoms with Gasteiger partial charge in [-0.2, -0.15) is 5.10 Å². The summed E-state index contributed by atoms with van der Waals surface area (Å²) in [4.78, 5) is 14.3. The van der Waals surface area contributed by atoms with Gasteiger partial charge in [-0.05, 0) is 35.8 Å². The van der Waals surface area contributed by atoms with E-state index in [1.54, 1.807) is 12.3 Å². The zero-order valence-corrected chi connectivity index (χ0v) is 12.7. The summed E-state index contributed by atoms with van der Waals surface area (Å²) in [7, 11) is 1.98. The molecule has 0 aliphatic carbocycles. The summed E-state index contributed by atoms with van der Waals surface area (Å²) < 4.78 is 1.99. The number of allylic oxidation sites excluding steroid dienone is 1. The van der Waals surface area contributed by atoms with Gasteiger partial charge < -0.3 is 10.2 Å². The lowest BCUT2D eigenvalue weighted by Gasteiger charge is -2.34. The summed E-state index contributed by atoms with van der Waals surface area (Å²) in [6.45, 7) is 5.92. The Morgan fingerprint density at radius 3 is 3.16 bits per heavy atom. The topological polar surface area (TPSA) is 50.2 Å². The smallest absolute Gasteiger partial charge is 0.283 e. The zero-order valence-electron chi connectivity index (χ0n) is 11.1. The van der Waals surface area contributed by atoms with Crippen molar-refractivity contribution in [3.63, 3.8) is 0 Å². The van der Waals surface area contributed by atoms with Crippen molar-refractivity contribution in [2.24, 2.45) is 0 Å². The fourth-order valence-electron chi connectivity index (χ4n) is 2.36. The summed E-state index contributed by atoms with van der Waals surface area (Å²) in [6, 6.07) is 0.469. The Kier molecular flexibility index (Phi) is 4.76. The largest absolute Gasteiger partial charge is 0.368 e. The van der Waals surface area contributed by atoms with Gasteiger partial charge in [-0.25, -0.2) is 4.68 Å². The van der Waals surface area contributed by atoms with E-state index in [4.69, 9.17) is 0 Å². The molecule has 0 aromatic carbocycles. The molecule has 1 fully saturated rings. The molecule has 1 unspecified atom stereocenters. The number of aromatic nitrogens is 2. The number of anilines is 1. The number of likely N-dealkylation sites (N-methyl/N-ethyl adjacent to an activating group) is 1. The van der Waals surface area contributed by atoms with Crippen LogP contribution in [0.15, 0.2) is 28.1 Å². The van der Waals surface area contributed by atoms with Crippen LogP contribution in [0.4, 0.5) is 5.69 Å². The summed E-state index contributed by atoms with van der Waals surface area (Å²) in [5.41, 5.74) is 0.772. The predicted octanol–water partition coefficient (Wildman–Crippen LogP) is 1.38. The summed E-state index contributed by atoms with van der Waals surface area (Å²) in [5.74, 6) is 0. The van der Waals surface area contributed by atoms with Crippen LogP contribution >= 0.6 is 15.9 Å². The number of piperidine rings is 1. The van der Waals surface area contributed by atoms with E-state index in [-0.39, 0.29) is 5.56 Å². The normalized spacial score (nSPS) is 19.5. The van der Waals surface area contributed by atoms with Crippen LogP contribution in [0.1, 0.15) is 12.8 Å². The highest BCUT2D eigenvalue weighted by Gasteiger charge is 2.22. The molecule has 104 valence electrons. The second kappa shape index (κ2) is 6.34. The van der Waals surface area contributed by atoms with Crippen molar-refractivity contribution in [1.82, 2.24) is 15.1 Å². The highest BCUT2D eigenvalue weighted by molar-refractivity contribution is 9.10. The fourth-order valence-corrected chi connectivity index (χ4v) is 2.92. The van der Waals surface area contributed by atoms with Gasteiger partial charge >= 0.3 is 0 Å². The molecular formula is C13H19BrN4O. The van der Waals surface area contributed by atoms with E-state index in [2.05, 4.69) is 37.8 Å². The Labute approximate surface area is 121 Å². The van der Waals surface area contributed by atoms with Crippen molar-refractivity contribution in [2.75, 3.05) is 25.0 Å². The molecule has 1 saturated heterocycles. The van der Waals surface area contributed by atoms with Crippen LogP contribution in [-0.4, -0.2) is 36.0 Å². The third-order valence-electron chi connectivity index (χ3n) is 3.44. The highest BCUT2D eigenvalue weighted by atomic mass is 79.9. The van der Waals surface area contributed by atoms with Crippen LogP contribution < -0.4 is 15.8 Å². The molecule has 19 heavy (non-hydrogen) atoms. The summed E-state index contributed by atoms with van der Waals surface area (Å²) in [5, 5.41) is 7.49. The SMILES string of the molecule is C=CCn1ncc(N2CCCC(NC)C2)c(Br)c1=O. The average molecular weight is 327 g/mol. The number of hydrogen-bond acceptors (Lipinski definition) is 4. The first-order valence-corrected chi connectivity index (χ1v) is 7.25. The third-order valence-corrected chi connectivity index (χ3v) is 4.18. The molecule has 5 nitrogen and oxygen atoms in total. The Balaban J connectivity index is 2.27. The van der Waals surface area contributed by atoms with Crippen LogP contribution in [0.3, 0.4) is 0 Å². The van der Waals surface area contributed by atoms with E-state index in [1.807, 2.05) is 7.05 Å². The Morgan fingerprint density at radius 1 is 1.68 bits per heavy atom. The van der Waals surface area contributed by atoms with Crippen LogP contribution in [0.25, 0.3) is 0 Å². The number of rotatable bonds is 4. The molecule has 1 aliphatic heterocycles. The average Bonchev–Trinajstić information content (AvgIpc) is 2.44. The van der Waals surface area contributed by atoms with Crippen molar-refractivity contribution in [2.45, 2.75) is 25.4 Å². The maximum atomic E-state index is 12.1. The predicted molar refractivity (Wildman–Crippen MR) is 80.7 cm³/mol. The van der Waals surface area contributed by atoms with Gasteiger partial charge in [0.2, 0.25) is 0 Å². The van der Waals surface area contributed by atoms with Crippen molar-refractivity contribution in [3.8, 4) is 0 Å². The van der Waals surface area contributed by atoms with Gasteiger partial charge in [-0.1, -0.05) is 6.08 Å². The monoisotopic (exact) mass is 326 g/mol. The van der Waals surface area contributed by atoms with Gasteiger partial charge in [0.15, 0.2) is 0 Å². The lowest BCUT2D eigenvalue weighted by molar-refractivity contribution is 0.448. The quantitative estimate of drug-likeness (QED) is 0.849. The maximum absolute atomic E-state index is 12.1. The molecule has 0 radical (unpaired) electrons. The van der Waals surface area contributed by atoms with Crippen molar-refractivity contribution >= 4 is 21.6 Å². The molecule has 1 aliphatic rings. The number of hydrogen-bond donors (Lipinski definition) is 1. The van der Waals surface area contributed by atoms with Gasteiger partial charge in [0.1, 0.15) is 4.47 Å². The third kappa shape index (κ3) is 3.06. The number of halogens is 1. The minimum absolute atomic E-state index is 0.107. The summed E-state index contributed by atoms with van der Waals surface area (Å²) >= 11 is 3.41. The molecule has 0 amide bonds. The fraction of sp³-hybridized carbons (Fsp3) is 0.538. The molecule has 1 aromatic rings. The zero-order chi connectivity index (χ0) is 13.8. The van der Waals surface area contributed by atoms with Crippen LogP contribution in [0.5, 0.6) is 0 Å². The Hall–Kier alpha value is -1.14. The highest BCUT2D eigenvalue weighted by Crippen LogP contribution is 2.24. The molecule has 2 heterocycles. The van der Waals surface area contributed by atoms with Gasteiger partial charge in [0.05, 0.1) is 18.4 Å². The Bertz CT molecular complexity index is 514. The van der Waals surface area contributed by atoms with Crippen molar-refractivity contribution < 1.29 is 0 Å². The number of nitrogens with one attached hydrogen (secondary N) is 1. The first-order valence-electron chi connectivity index (χ1n) is 6.46. The van der Waals surface area contributed by atoms with Gasteiger partial charge in [0.25, 0.3) is 5.56 Å². The molecule has 1 aromatic heterocycles. The molecule has 0 saturated carbocycles. The van der Waals surface area contributed by atoms with E-state index in [0.717, 1.165) is 25.2 Å². The molecule has 6 heteroatoms. The number of nitrogens with zero attached hydrogens (tertiary/aromatic N) is 3. The van der Waals surface area contributed by atoms with E-state index in [1.165, 1.54) is 11.1 Å².